The molecule has 5 aromatic rings. The molecule has 1 heterocycles. The molecule has 0 bridgehead atoms. The van der Waals surface area contributed by atoms with E-state index in [4.69, 9.17) is 0 Å². The minimum atomic E-state index is -0.185. The second-order valence-electron chi connectivity index (χ2n) is 10.3. The Morgan fingerprint density at radius 1 is 0.857 bits per heavy atom. The lowest BCUT2D eigenvalue weighted by molar-refractivity contribution is 0.102. The normalized spacial score (nSPS) is 16.7. The van der Waals surface area contributed by atoms with Crippen molar-refractivity contribution in [3.8, 4) is 0 Å². The van der Waals surface area contributed by atoms with E-state index in [-0.39, 0.29) is 11.3 Å². The molecule has 1 aliphatic rings. The molecule has 6 rings (SSSR count). The highest BCUT2D eigenvalue weighted by atomic mass is 16.1. The number of fused-ring (bicyclic) bond motifs is 5. The molecule has 1 N–H and O–H groups in total. The Kier molecular flexibility index (Phi) is 5.14. The van der Waals surface area contributed by atoms with E-state index in [1.54, 1.807) is 12.3 Å². The van der Waals surface area contributed by atoms with Crippen LogP contribution in [0, 0.1) is 5.41 Å². The zero-order chi connectivity index (χ0) is 24.0. The average molecular weight is 457 g/mol. The molecule has 1 aromatic heterocycles. The van der Waals surface area contributed by atoms with E-state index in [1.807, 2.05) is 24.3 Å². The van der Waals surface area contributed by atoms with Crippen LogP contribution in [0.2, 0.25) is 0 Å². The van der Waals surface area contributed by atoms with Gasteiger partial charge in [0.25, 0.3) is 5.91 Å². The first-order valence-corrected chi connectivity index (χ1v) is 12.2. The van der Waals surface area contributed by atoms with Gasteiger partial charge in [-0.05, 0) is 86.7 Å². The van der Waals surface area contributed by atoms with Gasteiger partial charge >= 0.3 is 0 Å². The van der Waals surface area contributed by atoms with Crippen LogP contribution in [0.5, 0.6) is 0 Å². The summed E-state index contributed by atoms with van der Waals surface area (Å²) < 4.78 is 0. The summed E-state index contributed by atoms with van der Waals surface area (Å²) in [5.41, 5.74) is 5.48. The molecule has 172 valence electrons. The second kappa shape index (κ2) is 8.35. The van der Waals surface area contributed by atoms with Gasteiger partial charge in [-0.25, -0.2) is 0 Å². The highest BCUT2D eigenvalue weighted by Crippen LogP contribution is 2.48. The van der Waals surface area contributed by atoms with Crippen molar-refractivity contribution in [2.24, 2.45) is 5.41 Å². The first kappa shape index (κ1) is 21.5. The summed E-state index contributed by atoms with van der Waals surface area (Å²) in [5.74, 6) is 0.175. The second-order valence-corrected chi connectivity index (χ2v) is 10.3. The summed E-state index contributed by atoms with van der Waals surface area (Å²) in [4.78, 5) is 16.8. The van der Waals surface area contributed by atoms with Crippen molar-refractivity contribution in [1.82, 2.24) is 4.98 Å². The first-order valence-electron chi connectivity index (χ1n) is 12.2. The number of hydrogen-bond acceptors (Lipinski definition) is 2. The van der Waals surface area contributed by atoms with Crippen molar-refractivity contribution in [2.75, 3.05) is 5.32 Å². The molecule has 0 saturated heterocycles. The van der Waals surface area contributed by atoms with Gasteiger partial charge in [-0.3, -0.25) is 9.78 Å². The van der Waals surface area contributed by atoms with Gasteiger partial charge in [0, 0.05) is 11.9 Å². The van der Waals surface area contributed by atoms with Crippen LogP contribution in [0.3, 0.4) is 0 Å². The number of carbonyl (C=O) groups excluding carboxylic acids is 1. The SMILES string of the molecule is CC1(C)Cc2c(ccc3c2ccc2ccccc23)CC1c1cccc(NC(=O)c2ccccn2)c1. The van der Waals surface area contributed by atoms with Gasteiger partial charge in [0.2, 0.25) is 0 Å². The number of aromatic nitrogens is 1. The van der Waals surface area contributed by atoms with Crippen molar-refractivity contribution >= 4 is 33.1 Å². The molecule has 1 unspecified atom stereocenters. The van der Waals surface area contributed by atoms with Crippen molar-refractivity contribution in [1.29, 1.82) is 0 Å². The third kappa shape index (κ3) is 3.87. The molecule has 1 amide bonds. The number of nitrogens with one attached hydrogen (secondary N) is 1. The third-order valence-corrected chi connectivity index (χ3v) is 7.58. The molecule has 3 nitrogen and oxygen atoms in total. The number of nitrogens with zero attached hydrogens (tertiary/aromatic N) is 1. The van der Waals surface area contributed by atoms with Crippen molar-refractivity contribution in [2.45, 2.75) is 32.6 Å². The minimum Gasteiger partial charge on any atom is -0.321 e. The molecule has 3 heteroatoms. The zero-order valence-electron chi connectivity index (χ0n) is 20.1. The summed E-state index contributed by atoms with van der Waals surface area (Å²) in [6.07, 6.45) is 3.65. The van der Waals surface area contributed by atoms with Crippen LogP contribution < -0.4 is 5.32 Å². The van der Waals surface area contributed by atoms with Gasteiger partial charge in [0.15, 0.2) is 0 Å². The van der Waals surface area contributed by atoms with Crippen LogP contribution in [0.15, 0.2) is 97.2 Å². The fraction of sp³-hybridized carbons (Fsp3) is 0.188. The lowest BCUT2D eigenvalue weighted by Gasteiger charge is -2.41. The molecule has 1 aliphatic carbocycles. The van der Waals surface area contributed by atoms with Gasteiger partial charge in [-0.15, -0.1) is 0 Å². The van der Waals surface area contributed by atoms with Gasteiger partial charge in [-0.1, -0.05) is 80.6 Å². The molecule has 4 aromatic carbocycles. The summed E-state index contributed by atoms with van der Waals surface area (Å²) in [6.45, 7) is 4.75. The van der Waals surface area contributed by atoms with E-state index in [1.165, 1.54) is 38.2 Å². The van der Waals surface area contributed by atoms with Crippen molar-refractivity contribution in [3.05, 3.63) is 120 Å². The number of amides is 1. The lowest BCUT2D eigenvalue weighted by Crippen LogP contribution is -2.31. The molecule has 0 saturated carbocycles. The maximum atomic E-state index is 12.6. The monoisotopic (exact) mass is 456 g/mol. The maximum absolute atomic E-state index is 12.6. The van der Waals surface area contributed by atoms with Crippen LogP contribution in [0.4, 0.5) is 5.69 Å². The molecule has 35 heavy (non-hydrogen) atoms. The predicted octanol–water partition coefficient (Wildman–Crippen LogP) is 7.55. The van der Waals surface area contributed by atoms with E-state index in [9.17, 15) is 4.79 Å². The summed E-state index contributed by atoms with van der Waals surface area (Å²) in [5, 5.41) is 8.36. The Morgan fingerprint density at radius 2 is 1.69 bits per heavy atom. The van der Waals surface area contributed by atoms with Crippen LogP contribution in [-0.4, -0.2) is 10.9 Å². The molecule has 1 atom stereocenters. The number of hydrogen-bond donors (Lipinski definition) is 1. The first-order chi connectivity index (χ1) is 17.0. The Balaban J connectivity index is 1.35. The highest BCUT2D eigenvalue weighted by Gasteiger charge is 2.36. The van der Waals surface area contributed by atoms with Crippen molar-refractivity contribution in [3.63, 3.8) is 0 Å². The Morgan fingerprint density at radius 3 is 2.54 bits per heavy atom. The zero-order valence-corrected chi connectivity index (χ0v) is 20.1. The topological polar surface area (TPSA) is 42.0 Å². The number of anilines is 1. The molecule has 0 spiro atoms. The molecule has 0 radical (unpaired) electrons. The smallest absolute Gasteiger partial charge is 0.274 e. The minimum absolute atomic E-state index is 0.0799. The van der Waals surface area contributed by atoms with Crippen LogP contribution in [0.1, 0.15) is 46.9 Å². The van der Waals surface area contributed by atoms with Gasteiger partial charge in [0.1, 0.15) is 5.69 Å². The molecule has 0 fully saturated rings. The average Bonchev–Trinajstić information content (AvgIpc) is 2.88. The fourth-order valence-corrected chi connectivity index (χ4v) is 5.77. The van der Waals surface area contributed by atoms with Crippen LogP contribution >= 0.6 is 0 Å². The Hall–Kier alpha value is -3.98. The van der Waals surface area contributed by atoms with E-state index < -0.39 is 0 Å². The van der Waals surface area contributed by atoms with E-state index in [0.717, 1.165) is 18.5 Å². The van der Waals surface area contributed by atoms with Crippen LogP contribution in [-0.2, 0) is 12.8 Å². The number of benzene rings is 4. The number of carbonyl (C=O) groups is 1. The quantitative estimate of drug-likeness (QED) is 0.285. The standard InChI is InChI=1S/C32H28N2O/c1-32(2)20-28-22(14-16-26-25-11-4-3-8-21(25)13-15-27(26)28)19-29(32)23-9-7-10-24(18-23)34-31(35)30-12-5-6-17-33-30/h3-18,29H,19-20H2,1-2H3,(H,34,35). The largest absolute Gasteiger partial charge is 0.321 e. The third-order valence-electron chi connectivity index (χ3n) is 7.58. The van der Waals surface area contributed by atoms with Gasteiger partial charge in [0.05, 0.1) is 0 Å². The van der Waals surface area contributed by atoms with E-state index in [0.29, 0.717) is 11.6 Å². The number of pyridine rings is 1. The summed E-state index contributed by atoms with van der Waals surface area (Å²) in [6, 6.07) is 31.5. The molecular weight excluding hydrogens is 428 g/mol. The summed E-state index contributed by atoms with van der Waals surface area (Å²) in [7, 11) is 0. The predicted molar refractivity (Wildman–Crippen MR) is 144 cm³/mol. The van der Waals surface area contributed by atoms with Crippen LogP contribution in [0.25, 0.3) is 21.5 Å². The van der Waals surface area contributed by atoms with Gasteiger partial charge < -0.3 is 5.32 Å². The Labute approximate surface area is 205 Å². The molecular formula is C32H28N2O. The van der Waals surface area contributed by atoms with E-state index in [2.05, 4.69) is 84.8 Å². The summed E-state index contributed by atoms with van der Waals surface area (Å²) >= 11 is 0. The lowest BCUT2D eigenvalue weighted by atomic mass is 9.63. The fourth-order valence-electron chi connectivity index (χ4n) is 5.77. The Bertz CT molecular complexity index is 1570. The maximum Gasteiger partial charge on any atom is 0.274 e. The number of rotatable bonds is 3. The highest BCUT2D eigenvalue weighted by molar-refractivity contribution is 6.08. The van der Waals surface area contributed by atoms with Gasteiger partial charge in [-0.2, -0.15) is 0 Å². The van der Waals surface area contributed by atoms with Crippen molar-refractivity contribution < 1.29 is 4.79 Å². The van der Waals surface area contributed by atoms with E-state index >= 15 is 0 Å². The molecule has 0 aliphatic heterocycles.